The first kappa shape index (κ1) is 18.0. The lowest BCUT2D eigenvalue weighted by Gasteiger charge is -2.17. The van der Waals surface area contributed by atoms with Crippen LogP contribution >= 0.6 is 0 Å². The van der Waals surface area contributed by atoms with Crippen molar-refractivity contribution in [1.29, 1.82) is 0 Å². The molecule has 0 saturated carbocycles. The lowest BCUT2D eigenvalue weighted by Crippen LogP contribution is -2.31. The average molecular weight is 354 g/mol. The molecule has 0 spiro atoms. The molecule has 2 heterocycles. The molecule has 1 aliphatic rings. The second kappa shape index (κ2) is 8.56. The topological polar surface area (TPSA) is 75.3 Å². The number of anilines is 2. The van der Waals surface area contributed by atoms with Crippen molar-refractivity contribution in [3.8, 4) is 5.75 Å². The first-order valence-corrected chi connectivity index (χ1v) is 9.15. The van der Waals surface area contributed by atoms with Crippen molar-refractivity contribution in [3.63, 3.8) is 0 Å². The molecule has 26 heavy (non-hydrogen) atoms. The van der Waals surface area contributed by atoms with Gasteiger partial charge < -0.3 is 20.7 Å². The molecule has 0 aliphatic carbocycles. The fourth-order valence-electron chi connectivity index (χ4n) is 2.91. The molecule has 0 atom stereocenters. The van der Waals surface area contributed by atoms with Crippen LogP contribution in [0.5, 0.6) is 5.75 Å². The van der Waals surface area contributed by atoms with Gasteiger partial charge >= 0.3 is 6.03 Å². The minimum absolute atomic E-state index is 0.0460. The molecule has 0 saturated heterocycles. The van der Waals surface area contributed by atoms with Gasteiger partial charge in [0.15, 0.2) is 0 Å². The number of hydrogen-bond acceptors (Lipinski definition) is 4. The number of aryl methyl sites for hydroxylation is 1. The third-order valence-electron chi connectivity index (χ3n) is 4.12. The second-order valence-corrected chi connectivity index (χ2v) is 6.63. The Bertz CT molecular complexity index is 761. The highest BCUT2D eigenvalue weighted by Gasteiger charge is 2.11. The summed E-state index contributed by atoms with van der Waals surface area (Å²) in [5.74, 6) is 1.65. The van der Waals surface area contributed by atoms with Crippen molar-refractivity contribution in [2.24, 2.45) is 0 Å². The Balaban J connectivity index is 1.50. The molecule has 1 aliphatic heterocycles. The number of carbonyl (C=O) groups excluding carboxylic acids is 1. The molecule has 2 aromatic rings. The van der Waals surface area contributed by atoms with Crippen LogP contribution in [0.3, 0.4) is 0 Å². The van der Waals surface area contributed by atoms with Gasteiger partial charge in [-0.2, -0.15) is 0 Å². The van der Waals surface area contributed by atoms with Crippen molar-refractivity contribution in [3.05, 3.63) is 47.7 Å². The number of nitrogens with one attached hydrogen (secondary N) is 3. The zero-order valence-electron chi connectivity index (χ0n) is 15.3. The number of para-hydroxylation sites is 2. The predicted molar refractivity (Wildman–Crippen MR) is 104 cm³/mol. The maximum Gasteiger partial charge on any atom is 0.319 e. The van der Waals surface area contributed by atoms with Crippen LogP contribution in [0.15, 0.2) is 36.4 Å². The van der Waals surface area contributed by atoms with Crippen LogP contribution in [-0.4, -0.2) is 30.2 Å². The molecule has 1 aromatic carbocycles. The highest BCUT2D eigenvalue weighted by Crippen LogP contribution is 2.24. The van der Waals surface area contributed by atoms with Crippen LogP contribution in [0, 0.1) is 0 Å². The van der Waals surface area contributed by atoms with Crippen LogP contribution in [-0.2, 0) is 12.8 Å². The molecule has 0 bridgehead atoms. The fraction of sp³-hybridized carbons (Fsp3) is 0.400. The summed E-state index contributed by atoms with van der Waals surface area (Å²) in [6.07, 6.45) is 2.96. The van der Waals surface area contributed by atoms with Crippen LogP contribution in [0.25, 0.3) is 0 Å². The quantitative estimate of drug-likeness (QED) is 0.741. The number of rotatable bonds is 6. The van der Waals surface area contributed by atoms with Crippen LogP contribution < -0.4 is 20.7 Å². The summed E-state index contributed by atoms with van der Waals surface area (Å²) in [5.41, 5.74) is 2.91. The van der Waals surface area contributed by atoms with E-state index in [1.165, 1.54) is 5.56 Å². The van der Waals surface area contributed by atoms with E-state index in [2.05, 4.69) is 27.0 Å². The standard InChI is InChI=1S/C20H26N4O2/c1-14(2)26-18-8-4-3-7-17(18)24-20(25)22-13-11-16-10-9-15-6-5-12-21-19(15)23-16/h3-4,7-10,14H,5-6,11-13H2,1-2H3,(H,21,23)(H2,22,24,25). The molecule has 0 fully saturated rings. The summed E-state index contributed by atoms with van der Waals surface area (Å²) in [6.45, 7) is 5.40. The number of urea groups is 1. The van der Waals surface area contributed by atoms with Crippen molar-refractivity contribution >= 4 is 17.5 Å². The minimum Gasteiger partial charge on any atom is -0.489 e. The smallest absolute Gasteiger partial charge is 0.319 e. The Morgan fingerprint density at radius 3 is 2.96 bits per heavy atom. The number of amides is 2. The molecule has 6 heteroatoms. The summed E-state index contributed by atoms with van der Waals surface area (Å²) in [4.78, 5) is 16.8. The van der Waals surface area contributed by atoms with Crippen molar-refractivity contribution < 1.29 is 9.53 Å². The lowest BCUT2D eigenvalue weighted by molar-refractivity contribution is 0.241. The molecular formula is C20H26N4O2. The minimum atomic E-state index is -0.249. The van der Waals surface area contributed by atoms with E-state index in [-0.39, 0.29) is 12.1 Å². The van der Waals surface area contributed by atoms with Gasteiger partial charge in [-0.1, -0.05) is 18.2 Å². The molecule has 3 N–H and O–H groups in total. The van der Waals surface area contributed by atoms with Crippen LogP contribution in [0.4, 0.5) is 16.3 Å². The van der Waals surface area contributed by atoms with E-state index >= 15 is 0 Å². The van der Waals surface area contributed by atoms with Gasteiger partial charge in [0.25, 0.3) is 0 Å². The molecule has 0 unspecified atom stereocenters. The maximum atomic E-state index is 12.2. The van der Waals surface area contributed by atoms with E-state index < -0.39 is 0 Å². The SMILES string of the molecule is CC(C)Oc1ccccc1NC(=O)NCCc1ccc2c(n1)NCCC2. The fourth-order valence-corrected chi connectivity index (χ4v) is 2.91. The van der Waals surface area contributed by atoms with E-state index in [0.717, 1.165) is 30.9 Å². The van der Waals surface area contributed by atoms with Gasteiger partial charge in [-0.25, -0.2) is 9.78 Å². The number of hydrogen-bond donors (Lipinski definition) is 3. The Hall–Kier alpha value is -2.76. The molecular weight excluding hydrogens is 328 g/mol. The number of fused-ring (bicyclic) bond motifs is 1. The Morgan fingerprint density at radius 1 is 1.27 bits per heavy atom. The molecule has 0 radical (unpaired) electrons. The zero-order chi connectivity index (χ0) is 18.4. The Kier molecular flexibility index (Phi) is 5.94. The lowest BCUT2D eigenvalue weighted by atomic mass is 10.1. The summed E-state index contributed by atoms with van der Waals surface area (Å²) < 4.78 is 5.71. The van der Waals surface area contributed by atoms with Crippen LogP contribution in [0.2, 0.25) is 0 Å². The number of benzene rings is 1. The summed E-state index contributed by atoms with van der Waals surface area (Å²) in [5, 5.41) is 9.05. The number of ether oxygens (including phenoxy) is 1. The van der Waals surface area contributed by atoms with E-state index in [4.69, 9.17) is 4.74 Å². The Morgan fingerprint density at radius 2 is 2.12 bits per heavy atom. The van der Waals surface area contributed by atoms with Crippen molar-refractivity contribution in [2.75, 3.05) is 23.7 Å². The highest BCUT2D eigenvalue weighted by atomic mass is 16.5. The van der Waals surface area contributed by atoms with E-state index in [1.807, 2.05) is 44.2 Å². The number of pyridine rings is 1. The largest absolute Gasteiger partial charge is 0.489 e. The first-order valence-electron chi connectivity index (χ1n) is 9.15. The van der Waals surface area contributed by atoms with Gasteiger partial charge in [0.05, 0.1) is 11.8 Å². The number of aromatic nitrogens is 1. The van der Waals surface area contributed by atoms with E-state index in [0.29, 0.717) is 24.4 Å². The molecule has 3 rings (SSSR count). The Labute approximate surface area is 154 Å². The maximum absolute atomic E-state index is 12.2. The molecule has 6 nitrogen and oxygen atoms in total. The third kappa shape index (κ3) is 4.88. The van der Waals surface area contributed by atoms with Crippen molar-refractivity contribution in [2.45, 2.75) is 39.2 Å². The number of nitrogens with zero attached hydrogens (tertiary/aromatic N) is 1. The first-order chi connectivity index (χ1) is 12.6. The van der Waals surface area contributed by atoms with Gasteiger partial charge in [0.2, 0.25) is 0 Å². The normalized spacial score (nSPS) is 12.9. The van der Waals surface area contributed by atoms with Gasteiger partial charge in [-0.15, -0.1) is 0 Å². The van der Waals surface area contributed by atoms with E-state index in [1.54, 1.807) is 0 Å². The predicted octanol–water partition coefficient (Wildman–Crippen LogP) is 3.59. The average Bonchev–Trinajstić information content (AvgIpc) is 2.63. The summed E-state index contributed by atoms with van der Waals surface area (Å²) in [7, 11) is 0. The summed E-state index contributed by atoms with van der Waals surface area (Å²) >= 11 is 0. The summed E-state index contributed by atoms with van der Waals surface area (Å²) in [6, 6.07) is 11.3. The third-order valence-corrected chi connectivity index (χ3v) is 4.12. The number of carbonyl (C=O) groups is 1. The van der Waals surface area contributed by atoms with Crippen molar-refractivity contribution in [1.82, 2.24) is 10.3 Å². The molecule has 2 amide bonds. The zero-order valence-corrected chi connectivity index (χ0v) is 15.3. The highest BCUT2D eigenvalue weighted by molar-refractivity contribution is 5.90. The molecule has 1 aromatic heterocycles. The second-order valence-electron chi connectivity index (χ2n) is 6.63. The van der Waals surface area contributed by atoms with Gasteiger partial charge in [0, 0.05) is 25.2 Å². The van der Waals surface area contributed by atoms with E-state index in [9.17, 15) is 4.79 Å². The van der Waals surface area contributed by atoms with Gasteiger partial charge in [0.1, 0.15) is 11.6 Å². The van der Waals surface area contributed by atoms with Crippen LogP contribution in [0.1, 0.15) is 31.5 Å². The molecule has 138 valence electrons. The van der Waals surface area contributed by atoms with Gasteiger partial charge in [-0.3, -0.25) is 0 Å². The van der Waals surface area contributed by atoms with Gasteiger partial charge in [-0.05, 0) is 50.5 Å². The monoisotopic (exact) mass is 354 g/mol.